The number of carbonyl (C=O) groups excluding carboxylic acids is 1. The van der Waals surface area contributed by atoms with Crippen molar-refractivity contribution in [2.45, 2.75) is 66.2 Å². The predicted octanol–water partition coefficient (Wildman–Crippen LogP) is 7.56. The van der Waals surface area contributed by atoms with Crippen molar-refractivity contribution in [2.24, 2.45) is 10.8 Å². The van der Waals surface area contributed by atoms with Crippen LogP contribution in [0.1, 0.15) is 77.3 Å². The van der Waals surface area contributed by atoms with Gasteiger partial charge in [0.1, 0.15) is 11.6 Å². The van der Waals surface area contributed by atoms with Gasteiger partial charge in [-0.1, -0.05) is 63.6 Å². The van der Waals surface area contributed by atoms with Gasteiger partial charge in [0, 0.05) is 12.3 Å². The first-order valence-electron chi connectivity index (χ1n) is 11.9. The Kier molecular flexibility index (Phi) is 7.99. The van der Waals surface area contributed by atoms with Crippen LogP contribution in [0.2, 0.25) is 0 Å². The van der Waals surface area contributed by atoms with E-state index < -0.39 is 0 Å². The minimum Gasteiger partial charge on any atom is -0.494 e. The Hall–Kier alpha value is -2.62. The molecule has 1 fully saturated rings. The molecule has 2 aromatic carbocycles. The lowest BCUT2D eigenvalue weighted by Gasteiger charge is -2.48. The van der Waals surface area contributed by atoms with Gasteiger partial charge in [-0.3, -0.25) is 4.79 Å². The number of allylic oxidation sites excluding steroid dienone is 1. The fourth-order valence-corrected chi connectivity index (χ4v) is 5.52. The van der Waals surface area contributed by atoms with Crippen molar-refractivity contribution < 1.29 is 18.7 Å². The Morgan fingerprint density at radius 3 is 2.36 bits per heavy atom. The van der Waals surface area contributed by atoms with E-state index in [1.54, 1.807) is 12.1 Å². The molecular formula is C29H37FO3. The number of hydrogen-bond acceptors (Lipinski definition) is 3. The summed E-state index contributed by atoms with van der Waals surface area (Å²) in [5, 5.41) is 0. The van der Waals surface area contributed by atoms with E-state index in [0.29, 0.717) is 26.1 Å². The molecule has 3 nitrogen and oxygen atoms in total. The van der Waals surface area contributed by atoms with Gasteiger partial charge in [-0.2, -0.15) is 0 Å². The van der Waals surface area contributed by atoms with Gasteiger partial charge in [0.05, 0.1) is 13.2 Å². The topological polar surface area (TPSA) is 35.5 Å². The molecule has 4 heteroatoms. The molecule has 1 saturated carbocycles. The van der Waals surface area contributed by atoms with Crippen LogP contribution in [0.5, 0.6) is 5.75 Å². The summed E-state index contributed by atoms with van der Waals surface area (Å²) in [6, 6.07) is 15.1. The fourth-order valence-electron chi connectivity index (χ4n) is 5.52. The molecule has 1 aliphatic carbocycles. The highest BCUT2D eigenvalue weighted by atomic mass is 19.1. The second-order valence-corrected chi connectivity index (χ2v) is 10.5. The van der Waals surface area contributed by atoms with Gasteiger partial charge in [0.15, 0.2) is 0 Å². The van der Waals surface area contributed by atoms with Crippen LogP contribution in [0.25, 0.3) is 6.08 Å². The maximum Gasteiger partial charge on any atom is 0.305 e. The standard InChI is InChI=1S/C29H37FO3/c1-6-32-26(31)8-7-17-33-25-15-9-21(10-16-25)18-23-19-28(2,3)20-29(4,5)27(23)22-11-13-24(30)14-12-22/h9-16,18,27H,6-8,17,19-20H2,1-5H3. The summed E-state index contributed by atoms with van der Waals surface area (Å²) in [4.78, 5) is 11.4. The fraction of sp³-hybridized carbons (Fsp3) is 0.483. The molecule has 0 aromatic heterocycles. The summed E-state index contributed by atoms with van der Waals surface area (Å²) in [5.41, 5.74) is 3.95. The third-order valence-corrected chi connectivity index (χ3v) is 6.30. The lowest BCUT2D eigenvalue weighted by Crippen LogP contribution is -2.36. The maximum atomic E-state index is 13.6. The highest BCUT2D eigenvalue weighted by Gasteiger charge is 2.43. The van der Waals surface area contributed by atoms with Crippen LogP contribution in [-0.2, 0) is 9.53 Å². The average Bonchev–Trinajstić information content (AvgIpc) is 2.72. The highest BCUT2D eigenvalue weighted by Crippen LogP contribution is 2.56. The van der Waals surface area contributed by atoms with Crippen LogP contribution in [0.3, 0.4) is 0 Å². The summed E-state index contributed by atoms with van der Waals surface area (Å²) < 4.78 is 24.3. The first kappa shape index (κ1) is 25.0. The number of rotatable bonds is 8. The minimum absolute atomic E-state index is 0.0629. The summed E-state index contributed by atoms with van der Waals surface area (Å²) in [7, 11) is 0. The van der Waals surface area contributed by atoms with E-state index in [0.717, 1.165) is 24.2 Å². The molecule has 0 amide bonds. The Morgan fingerprint density at radius 1 is 1.06 bits per heavy atom. The van der Waals surface area contributed by atoms with Gasteiger partial charge in [0.25, 0.3) is 0 Å². The molecule has 2 aromatic rings. The molecule has 3 rings (SSSR count). The Morgan fingerprint density at radius 2 is 1.73 bits per heavy atom. The quantitative estimate of drug-likeness (QED) is 0.306. The molecule has 1 atom stereocenters. The molecule has 178 valence electrons. The van der Waals surface area contributed by atoms with Crippen LogP contribution >= 0.6 is 0 Å². The zero-order valence-corrected chi connectivity index (χ0v) is 20.6. The summed E-state index contributed by atoms with van der Waals surface area (Å²) >= 11 is 0. The molecule has 0 heterocycles. The van der Waals surface area contributed by atoms with Crippen LogP contribution in [0, 0.1) is 16.6 Å². The first-order valence-corrected chi connectivity index (χ1v) is 11.9. The van der Waals surface area contributed by atoms with Gasteiger partial charge >= 0.3 is 5.97 Å². The third kappa shape index (κ3) is 6.93. The van der Waals surface area contributed by atoms with Gasteiger partial charge in [0.2, 0.25) is 0 Å². The molecule has 0 aliphatic heterocycles. The summed E-state index contributed by atoms with van der Waals surface area (Å²) in [5.74, 6) is 0.651. The van der Waals surface area contributed by atoms with Crippen LogP contribution in [0.4, 0.5) is 4.39 Å². The zero-order valence-electron chi connectivity index (χ0n) is 20.6. The molecule has 0 N–H and O–H groups in total. The second kappa shape index (κ2) is 10.5. The molecule has 33 heavy (non-hydrogen) atoms. The Bertz CT molecular complexity index is 955. The van der Waals surface area contributed by atoms with E-state index >= 15 is 0 Å². The SMILES string of the molecule is CCOC(=O)CCCOc1ccc(C=C2CC(C)(C)CC(C)(C)C2c2ccc(F)cc2)cc1. The van der Waals surface area contributed by atoms with Crippen molar-refractivity contribution in [1.82, 2.24) is 0 Å². The van der Waals surface area contributed by atoms with Crippen molar-refractivity contribution in [3.63, 3.8) is 0 Å². The lowest BCUT2D eigenvalue weighted by atomic mass is 9.56. The molecule has 0 radical (unpaired) electrons. The van der Waals surface area contributed by atoms with Crippen LogP contribution < -0.4 is 4.74 Å². The number of carbonyl (C=O) groups is 1. The predicted molar refractivity (Wildman–Crippen MR) is 132 cm³/mol. The van der Waals surface area contributed by atoms with E-state index in [1.165, 1.54) is 11.1 Å². The summed E-state index contributed by atoms with van der Waals surface area (Å²) in [6.45, 7) is 12.0. The molecule has 0 saturated heterocycles. The van der Waals surface area contributed by atoms with Gasteiger partial charge in [-0.05, 0) is 72.4 Å². The molecular weight excluding hydrogens is 415 g/mol. The summed E-state index contributed by atoms with van der Waals surface area (Å²) in [6.07, 6.45) is 5.41. The van der Waals surface area contributed by atoms with Crippen molar-refractivity contribution in [1.29, 1.82) is 0 Å². The zero-order chi connectivity index (χ0) is 24.1. The average molecular weight is 453 g/mol. The number of esters is 1. The van der Waals surface area contributed by atoms with Crippen molar-refractivity contribution in [2.75, 3.05) is 13.2 Å². The van der Waals surface area contributed by atoms with E-state index in [4.69, 9.17) is 9.47 Å². The molecule has 0 spiro atoms. The molecule has 0 bridgehead atoms. The van der Waals surface area contributed by atoms with Crippen LogP contribution in [0.15, 0.2) is 54.1 Å². The maximum absolute atomic E-state index is 13.6. The third-order valence-electron chi connectivity index (χ3n) is 6.30. The van der Waals surface area contributed by atoms with E-state index in [9.17, 15) is 9.18 Å². The number of halogens is 1. The van der Waals surface area contributed by atoms with Crippen molar-refractivity contribution in [3.05, 3.63) is 71.0 Å². The van der Waals surface area contributed by atoms with Crippen molar-refractivity contribution in [3.8, 4) is 5.75 Å². The Balaban J connectivity index is 1.75. The largest absolute Gasteiger partial charge is 0.494 e. The number of hydrogen-bond donors (Lipinski definition) is 0. The minimum atomic E-state index is -0.198. The van der Waals surface area contributed by atoms with E-state index in [2.05, 4.69) is 45.9 Å². The van der Waals surface area contributed by atoms with E-state index in [1.807, 2.05) is 31.2 Å². The Labute approximate surface area is 198 Å². The highest BCUT2D eigenvalue weighted by molar-refractivity contribution is 5.69. The number of benzene rings is 2. The van der Waals surface area contributed by atoms with E-state index in [-0.39, 0.29) is 28.5 Å². The lowest BCUT2D eigenvalue weighted by molar-refractivity contribution is -0.143. The van der Waals surface area contributed by atoms with Gasteiger partial charge < -0.3 is 9.47 Å². The van der Waals surface area contributed by atoms with Crippen LogP contribution in [-0.4, -0.2) is 19.2 Å². The second-order valence-electron chi connectivity index (χ2n) is 10.5. The first-order chi connectivity index (χ1) is 15.6. The molecule has 1 unspecified atom stereocenters. The monoisotopic (exact) mass is 452 g/mol. The van der Waals surface area contributed by atoms with Gasteiger partial charge in [-0.25, -0.2) is 4.39 Å². The number of ether oxygens (including phenoxy) is 2. The normalized spacial score (nSPS) is 20.4. The smallest absolute Gasteiger partial charge is 0.305 e. The van der Waals surface area contributed by atoms with Crippen molar-refractivity contribution >= 4 is 12.0 Å². The van der Waals surface area contributed by atoms with Gasteiger partial charge in [-0.15, -0.1) is 0 Å². The molecule has 1 aliphatic rings.